The van der Waals surface area contributed by atoms with E-state index in [-0.39, 0.29) is 28.0 Å². The summed E-state index contributed by atoms with van der Waals surface area (Å²) in [6, 6.07) is 23.5. The van der Waals surface area contributed by atoms with Crippen molar-refractivity contribution in [2.75, 3.05) is 0 Å². The van der Waals surface area contributed by atoms with Crippen molar-refractivity contribution in [1.29, 1.82) is 0 Å². The Balaban J connectivity index is 0.000000482. The molecule has 0 amide bonds. The molecular weight excluding hydrogens is 539 g/mol. The zero-order chi connectivity index (χ0) is 28.3. The number of rotatable bonds is 14. The number of benzene rings is 3. The Hall–Kier alpha value is -2.91. The first-order chi connectivity index (χ1) is 19.0. The van der Waals surface area contributed by atoms with Gasteiger partial charge in [-0.15, -0.1) is 11.5 Å². The standard InChI is InChI=1S/C24H32N2.C11H16O2.Ni/c1-3-5-7-14-20-24(26-22-17-12-9-13-18-22)23(19-6-4-2)25-21-15-10-8-11-16-21;1-3-5-9-7-11(13)10(12)6-8(9)4-2;/h8-13,15-18H,3-7,14,19-20H2,1-2H3;6-7,12-13H,3-5H2,1-2H3;/q;;+2/p-2. The molecule has 218 valence electrons. The van der Waals surface area contributed by atoms with Crippen LogP contribution in [0.3, 0.4) is 0 Å². The maximum absolute atomic E-state index is 11.1. The average molecular weight is 585 g/mol. The Morgan fingerprint density at radius 1 is 0.575 bits per heavy atom. The topological polar surface area (TPSA) is 70.8 Å². The fraction of sp³-hybridized carbons (Fsp3) is 0.429. The monoisotopic (exact) mass is 584 g/mol. The largest absolute Gasteiger partial charge is 2.00 e. The Bertz CT molecular complexity index is 1140. The van der Waals surface area contributed by atoms with E-state index >= 15 is 0 Å². The summed E-state index contributed by atoms with van der Waals surface area (Å²) in [7, 11) is 0. The number of unbranched alkanes of at least 4 members (excludes halogenated alkanes) is 4. The van der Waals surface area contributed by atoms with Crippen molar-refractivity contribution in [3.63, 3.8) is 0 Å². The van der Waals surface area contributed by atoms with Crippen molar-refractivity contribution in [2.24, 2.45) is 9.98 Å². The summed E-state index contributed by atoms with van der Waals surface area (Å²) >= 11 is 0. The van der Waals surface area contributed by atoms with Gasteiger partial charge in [0.15, 0.2) is 0 Å². The molecule has 3 aromatic carbocycles. The van der Waals surface area contributed by atoms with Gasteiger partial charge >= 0.3 is 16.5 Å². The summed E-state index contributed by atoms with van der Waals surface area (Å²) in [4.78, 5) is 9.97. The quantitative estimate of drug-likeness (QED) is 0.108. The van der Waals surface area contributed by atoms with Gasteiger partial charge in [-0.05, 0) is 73.9 Å². The first kappa shape index (κ1) is 35.1. The summed E-state index contributed by atoms with van der Waals surface area (Å²) in [5.74, 6) is -0.752. The van der Waals surface area contributed by atoms with Gasteiger partial charge in [0.2, 0.25) is 0 Å². The number of hydrogen-bond donors (Lipinski definition) is 0. The van der Waals surface area contributed by atoms with E-state index in [1.54, 1.807) is 0 Å². The second kappa shape index (κ2) is 20.9. The smallest absolute Gasteiger partial charge is 0.873 e. The zero-order valence-corrected chi connectivity index (χ0v) is 25.7. The van der Waals surface area contributed by atoms with Crippen molar-refractivity contribution >= 4 is 22.8 Å². The van der Waals surface area contributed by atoms with E-state index in [1.165, 1.54) is 44.2 Å². The minimum Gasteiger partial charge on any atom is -0.873 e. The van der Waals surface area contributed by atoms with Gasteiger partial charge in [0.1, 0.15) is 0 Å². The molecule has 0 bridgehead atoms. The van der Waals surface area contributed by atoms with Crippen molar-refractivity contribution < 1.29 is 26.7 Å². The molecule has 40 heavy (non-hydrogen) atoms. The average Bonchev–Trinajstić information content (AvgIpc) is 2.96. The van der Waals surface area contributed by atoms with Crippen LogP contribution in [0.4, 0.5) is 11.4 Å². The maximum Gasteiger partial charge on any atom is 2.00 e. The van der Waals surface area contributed by atoms with Gasteiger partial charge in [-0.25, -0.2) is 0 Å². The van der Waals surface area contributed by atoms with Crippen LogP contribution in [0.25, 0.3) is 0 Å². The first-order valence-electron chi connectivity index (χ1n) is 14.8. The van der Waals surface area contributed by atoms with Crippen LogP contribution in [-0.2, 0) is 29.3 Å². The van der Waals surface area contributed by atoms with Crippen molar-refractivity contribution in [1.82, 2.24) is 0 Å². The summed E-state index contributed by atoms with van der Waals surface area (Å²) in [5, 5.41) is 22.1. The van der Waals surface area contributed by atoms with E-state index in [0.29, 0.717) is 0 Å². The third-order valence-electron chi connectivity index (χ3n) is 6.57. The number of aryl methyl sites for hydroxylation is 2. The van der Waals surface area contributed by atoms with Gasteiger partial charge in [-0.3, -0.25) is 9.98 Å². The number of para-hydroxylation sites is 2. The van der Waals surface area contributed by atoms with Crippen molar-refractivity contribution in [3.8, 4) is 11.5 Å². The molecule has 5 heteroatoms. The van der Waals surface area contributed by atoms with E-state index in [9.17, 15) is 10.2 Å². The van der Waals surface area contributed by atoms with Crippen molar-refractivity contribution in [2.45, 2.75) is 98.3 Å². The second-order valence-electron chi connectivity index (χ2n) is 9.87. The Labute approximate surface area is 252 Å². The molecule has 0 spiro atoms. The van der Waals surface area contributed by atoms with Crippen LogP contribution in [-0.4, -0.2) is 11.4 Å². The maximum atomic E-state index is 11.1. The molecule has 0 aliphatic heterocycles. The van der Waals surface area contributed by atoms with Gasteiger partial charge in [0.05, 0.1) is 22.8 Å². The third kappa shape index (κ3) is 13.0. The van der Waals surface area contributed by atoms with Crippen molar-refractivity contribution in [3.05, 3.63) is 83.9 Å². The predicted octanol–water partition coefficient (Wildman–Crippen LogP) is 9.04. The number of nitrogens with zero attached hydrogens (tertiary/aromatic N) is 2. The molecule has 0 aliphatic rings. The molecule has 0 fully saturated rings. The molecular formula is C35H46N2NiO2. The molecule has 0 saturated heterocycles. The van der Waals surface area contributed by atoms with E-state index in [4.69, 9.17) is 9.98 Å². The fourth-order valence-electron chi connectivity index (χ4n) is 4.38. The molecule has 0 unspecified atom stereocenters. The minimum absolute atomic E-state index is 0. The predicted molar refractivity (Wildman–Crippen MR) is 164 cm³/mol. The van der Waals surface area contributed by atoms with Crippen LogP contribution in [0, 0.1) is 0 Å². The van der Waals surface area contributed by atoms with E-state index in [1.807, 2.05) is 43.3 Å². The van der Waals surface area contributed by atoms with Gasteiger partial charge in [-0.2, -0.15) is 0 Å². The van der Waals surface area contributed by atoms with E-state index in [0.717, 1.165) is 72.4 Å². The van der Waals surface area contributed by atoms with E-state index in [2.05, 4.69) is 45.0 Å². The Morgan fingerprint density at radius 3 is 1.50 bits per heavy atom. The van der Waals surface area contributed by atoms with Gasteiger partial charge in [-0.1, -0.05) is 108 Å². The van der Waals surface area contributed by atoms with Crippen LogP contribution in [0.2, 0.25) is 0 Å². The van der Waals surface area contributed by atoms with Gasteiger partial charge in [0, 0.05) is 0 Å². The summed E-state index contributed by atoms with van der Waals surface area (Å²) in [5.41, 5.74) is 6.41. The van der Waals surface area contributed by atoms with Gasteiger partial charge < -0.3 is 10.2 Å². The Morgan fingerprint density at radius 2 is 1.05 bits per heavy atom. The van der Waals surface area contributed by atoms with Gasteiger partial charge in [0.25, 0.3) is 0 Å². The SMILES string of the molecule is CCCCCCC(=Nc1ccccc1)C(CCCC)=Nc1ccccc1.CCCc1cc([O-])c([O-])cc1CC.[Ni+2]. The zero-order valence-electron chi connectivity index (χ0n) is 24.7. The van der Waals surface area contributed by atoms with Crippen LogP contribution in [0.5, 0.6) is 11.5 Å². The molecule has 3 rings (SSSR count). The molecule has 0 aliphatic carbocycles. The molecule has 0 N–H and O–H groups in total. The van der Waals surface area contributed by atoms with Crippen LogP contribution in [0.1, 0.15) is 96.6 Å². The molecule has 3 aromatic rings. The third-order valence-corrected chi connectivity index (χ3v) is 6.57. The second-order valence-corrected chi connectivity index (χ2v) is 9.87. The molecule has 0 radical (unpaired) electrons. The molecule has 0 saturated carbocycles. The normalized spacial score (nSPS) is 11.4. The molecule has 0 heterocycles. The fourth-order valence-corrected chi connectivity index (χ4v) is 4.38. The number of hydrogen-bond acceptors (Lipinski definition) is 4. The number of aliphatic imine (C=N–C) groups is 2. The van der Waals surface area contributed by atoms with Crippen LogP contribution >= 0.6 is 0 Å². The molecule has 0 atom stereocenters. The van der Waals surface area contributed by atoms with Crippen LogP contribution in [0.15, 0.2) is 82.8 Å². The molecule has 4 nitrogen and oxygen atoms in total. The summed E-state index contributed by atoms with van der Waals surface area (Å²) < 4.78 is 0. The summed E-state index contributed by atoms with van der Waals surface area (Å²) in [6.45, 7) is 8.55. The van der Waals surface area contributed by atoms with Crippen LogP contribution < -0.4 is 10.2 Å². The van der Waals surface area contributed by atoms with E-state index < -0.39 is 0 Å². The molecule has 0 aromatic heterocycles. The minimum atomic E-state index is -0.378. The Kier molecular flexibility index (Phi) is 18.4. The first-order valence-corrected chi connectivity index (χ1v) is 14.8. The summed E-state index contributed by atoms with van der Waals surface area (Å²) in [6.07, 6.45) is 12.0.